The van der Waals surface area contributed by atoms with Gasteiger partial charge in [-0.2, -0.15) is 0 Å². The van der Waals surface area contributed by atoms with E-state index in [-0.39, 0.29) is 0 Å². The molecule has 0 radical (unpaired) electrons. The van der Waals surface area contributed by atoms with Crippen LogP contribution in [-0.4, -0.2) is 36.1 Å². The molecule has 22 heavy (non-hydrogen) atoms. The van der Waals surface area contributed by atoms with Gasteiger partial charge in [0, 0.05) is 12.1 Å². The van der Waals surface area contributed by atoms with Crippen LogP contribution in [0.2, 0.25) is 0 Å². The van der Waals surface area contributed by atoms with Crippen LogP contribution in [0, 0.1) is 6.92 Å². The molecule has 0 N–H and O–H groups in total. The number of aryl methyl sites for hydroxylation is 1. The summed E-state index contributed by atoms with van der Waals surface area (Å²) in [7, 11) is 0. The first-order valence-electron chi connectivity index (χ1n) is 8.21. The normalized spacial score (nSPS) is 15.9. The first-order valence-corrected chi connectivity index (χ1v) is 9.02. The molecular weight excluding hydrogens is 292 g/mol. The van der Waals surface area contributed by atoms with Gasteiger partial charge in [-0.05, 0) is 39.3 Å². The van der Waals surface area contributed by atoms with Gasteiger partial charge in [-0.3, -0.25) is 0 Å². The Morgan fingerprint density at radius 2 is 1.91 bits per heavy atom. The van der Waals surface area contributed by atoms with Crippen LogP contribution in [0.5, 0.6) is 5.88 Å². The fraction of sp³-hybridized carbons (Fsp3) is 0.500. The lowest BCUT2D eigenvalue weighted by atomic mass is 10.1. The molecule has 3 rings (SSSR count). The van der Waals surface area contributed by atoms with Gasteiger partial charge in [0.1, 0.15) is 5.01 Å². The van der Waals surface area contributed by atoms with Crippen molar-refractivity contribution in [1.82, 2.24) is 9.88 Å². The number of thiazole rings is 1. The summed E-state index contributed by atoms with van der Waals surface area (Å²) in [6, 6.07) is 10.3. The third kappa shape index (κ3) is 4.08. The highest BCUT2D eigenvalue weighted by molar-refractivity contribution is 7.15. The zero-order chi connectivity index (χ0) is 15.2. The predicted molar refractivity (Wildman–Crippen MR) is 92.7 cm³/mol. The monoisotopic (exact) mass is 316 g/mol. The Bertz CT molecular complexity index is 576. The molecule has 2 aromatic rings. The second kappa shape index (κ2) is 7.75. The third-order valence-electron chi connectivity index (χ3n) is 4.08. The molecule has 3 nitrogen and oxygen atoms in total. The average Bonchev–Trinajstić information content (AvgIpc) is 2.94. The van der Waals surface area contributed by atoms with Crippen LogP contribution >= 0.6 is 11.3 Å². The number of rotatable bonds is 6. The SMILES string of the molecule is Cc1sc(-c2ccccc2)nc1OCCCN1CCCCC1. The van der Waals surface area contributed by atoms with Gasteiger partial charge >= 0.3 is 0 Å². The molecule has 0 aliphatic carbocycles. The van der Waals surface area contributed by atoms with Crippen molar-refractivity contribution < 1.29 is 4.74 Å². The van der Waals surface area contributed by atoms with E-state index in [1.165, 1.54) is 37.9 Å². The quantitative estimate of drug-likeness (QED) is 0.740. The van der Waals surface area contributed by atoms with Crippen molar-refractivity contribution in [2.24, 2.45) is 0 Å². The molecule has 0 saturated carbocycles. The number of ether oxygens (including phenoxy) is 1. The number of piperidine rings is 1. The smallest absolute Gasteiger partial charge is 0.227 e. The second-order valence-electron chi connectivity index (χ2n) is 5.85. The molecule has 0 spiro atoms. The van der Waals surface area contributed by atoms with E-state index in [1.807, 2.05) is 18.2 Å². The Kier molecular flexibility index (Phi) is 5.46. The minimum Gasteiger partial charge on any atom is -0.477 e. The van der Waals surface area contributed by atoms with Crippen LogP contribution in [-0.2, 0) is 0 Å². The molecule has 1 aromatic heterocycles. The fourth-order valence-corrected chi connectivity index (χ4v) is 3.72. The molecule has 1 saturated heterocycles. The van der Waals surface area contributed by atoms with Gasteiger partial charge < -0.3 is 9.64 Å². The third-order valence-corrected chi connectivity index (χ3v) is 5.08. The summed E-state index contributed by atoms with van der Waals surface area (Å²) < 4.78 is 5.90. The molecule has 0 bridgehead atoms. The zero-order valence-corrected chi connectivity index (χ0v) is 14.1. The summed E-state index contributed by atoms with van der Waals surface area (Å²) in [6.45, 7) is 6.51. The fourth-order valence-electron chi connectivity index (χ4n) is 2.86. The first kappa shape index (κ1) is 15.5. The first-order chi connectivity index (χ1) is 10.8. The predicted octanol–water partition coefficient (Wildman–Crippen LogP) is 4.37. The number of aromatic nitrogens is 1. The largest absolute Gasteiger partial charge is 0.477 e. The zero-order valence-electron chi connectivity index (χ0n) is 13.3. The highest BCUT2D eigenvalue weighted by Gasteiger charge is 2.12. The number of nitrogens with zero attached hydrogens (tertiary/aromatic N) is 2. The van der Waals surface area contributed by atoms with Gasteiger partial charge in [0.2, 0.25) is 5.88 Å². The van der Waals surface area contributed by atoms with Crippen molar-refractivity contribution >= 4 is 11.3 Å². The van der Waals surface area contributed by atoms with Gasteiger partial charge in [0.05, 0.1) is 11.5 Å². The molecular formula is C18H24N2OS. The number of hydrogen-bond donors (Lipinski definition) is 0. The summed E-state index contributed by atoms with van der Waals surface area (Å²) in [5.74, 6) is 0.808. The van der Waals surface area contributed by atoms with E-state index >= 15 is 0 Å². The Labute approximate surface area is 137 Å². The highest BCUT2D eigenvalue weighted by Crippen LogP contribution is 2.31. The van der Waals surface area contributed by atoms with Gasteiger partial charge in [-0.1, -0.05) is 36.8 Å². The van der Waals surface area contributed by atoms with Crippen LogP contribution in [0.3, 0.4) is 0 Å². The van der Waals surface area contributed by atoms with Crippen LogP contribution < -0.4 is 4.74 Å². The Balaban J connectivity index is 1.49. The van der Waals surface area contributed by atoms with E-state index in [9.17, 15) is 0 Å². The average molecular weight is 316 g/mol. The van der Waals surface area contributed by atoms with E-state index in [2.05, 4.69) is 28.9 Å². The number of hydrogen-bond acceptors (Lipinski definition) is 4. The van der Waals surface area contributed by atoms with Gasteiger partial charge in [0.25, 0.3) is 0 Å². The Hall–Kier alpha value is -1.39. The molecule has 1 aliphatic heterocycles. The molecule has 1 aromatic carbocycles. The van der Waals surface area contributed by atoms with Crippen LogP contribution in [0.25, 0.3) is 10.6 Å². The van der Waals surface area contributed by atoms with Crippen molar-refractivity contribution in [3.05, 3.63) is 35.2 Å². The summed E-state index contributed by atoms with van der Waals surface area (Å²) in [4.78, 5) is 8.36. The van der Waals surface area contributed by atoms with Crippen LogP contribution in [0.15, 0.2) is 30.3 Å². The van der Waals surface area contributed by atoms with Gasteiger partial charge in [-0.15, -0.1) is 11.3 Å². The van der Waals surface area contributed by atoms with Crippen molar-refractivity contribution in [3.8, 4) is 16.5 Å². The molecule has 0 unspecified atom stereocenters. The maximum atomic E-state index is 5.90. The summed E-state index contributed by atoms with van der Waals surface area (Å²) in [5, 5.41) is 1.05. The Morgan fingerprint density at radius 3 is 2.68 bits per heavy atom. The maximum absolute atomic E-state index is 5.90. The van der Waals surface area contributed by atoms with Crippen molar-refractivity contribution in [1.29, 1.82) is 0 Å². The number of likely N-dealkylation sites (tertiary alicyclic amines) is 1. The molecule has 2 heterocycles. The number of benzene rings is 1. The summed E-state index contributed by atoms with van der Waals surface area (Å²) >= 11 is 1.71. The van der Waals surface area contributed by atoms with Crippen LogP contribution in [0.4, 0.5) is 0 Å². The summed E-state index contributed by atoms with van der Waals surface area (Å²) in [6.07, 6.45) is 5.18. The van der Waals surface area contributed by atoms with Crippen LogP contribution in [0.1, 0.15) is 30.6 Å². The van der Waals surface area contributed by atoms with Crippen molar-refractivity contribution in [2.45, 2.75) is 32.6 Å². The molecule has 1 fully saturated rings. The molecule has 0 amide bonds. The van der Waals surface area contributed by atoms with Crippen molar-refractivity contribution in [3.63, 3.8) is 0 Å². The van der Waals surface area contributed by atoms with E-state index in [4.69, 9.17) is 4.74 Å². The lowest BCUT2D eigenvalue weighted by Crippen LogP contribution is -2.31. The second-order valence-corrected chi connectivity index (χ2v) is 7.05. The molecule has 118 valence electrons. The van der Waals surface area contributed by atoms with Crippen molar-refractivity contribution in [2.75, 3.05) is 26.2 Å². The lowest BCUT2D eigenvalue weighted by Gasteiger charge is -2.26. The molecule has 1 aliphatic rings. The van der Waals surface area contributed by atoms with E-state index in [0.29, 0.717) is 0 Å². The van der Waals surface area contributed by atoms with Gasteiger partial charge in [0.15, 0.2) is 0 Å². The minimum absolute atomic E-state index is 0.759. The summed E-state index contributed by atoms with van der Waals surface area (Å²) in [5.41, 5.74) is 1.17. The highest BCUT2D eigenvalue weighted by atomic mass is 32.1. The molecule has 4 heteroatoms. The molecule has 0 atom stereocenters. The Morgan fingerprint density at radius 1 is 1.14 bits per heavy atom. The lowest BCUT2D eigenvalue weighted by molar-refractivity contribution is 0.203. The minimum atomic E-state index is 0.759. The van der Waals surface area contributed by atoms with Gasteiger partial charge in [-0.25, -0.2) is 4.98 Å². The maximum Gasteiger partial charge on any atom is 0.227 e. The van der Waals surface area contributed by atoms with E-state index in [1.54, 1.807) is 11.3 Å². The standard InChI is InChI=1S/C18H24N2OS/c1-15-17(19-18(22-15)16-9-4-2-5-10-16)21-14-8-13-20-11-6-3-7-12-20/h2,4-5,9-10H,3,6-8,11-14H2,1H3. The van der Waals surface area contributed by atoms with E-state index in [0.717, 1.165) is 35.3 Å². The van der Waals surface area contributed by atoms with E-state index < -0.39 is 0 Å². The topological polar surface area (TPSA) is 25.4 Å².